The zero-order valence-electron chi connectivity index (χ0n) is 9.56. The standard InChI is InChI=1S/C6H10O.C5H10O4/c1-3-5-7-6-4-2;1-5(2-6,3-7)4(8)9/h3-4H,1-2,5-6H2;6-7H,2-3H2,1H3,(H,8,9). The summed E-state index contributed by atoms with van der Waals surface area (Å²) in [5, 5.41) is 25.1. The predicted octanol–water partition coefficient (Wildman–Crippen LogP) is 0.437. The SMILES string of the molecule is C=CCOCC=C.CC(CO)(CO)C(=O)O. The summed E-state index contributed by atoms with van der Waals surface area (Å²) >= 11 is 0. The van der Waals surface area contributed by atoms with E-state index in [0.717, 1.165) is 0 Å². The molecule has 0 spiro atoms. The summed E-state index contributed by atoms with van der Waals surface area (Å²) in [5.41, 5.74) is -1.39. The molecule has 3 N–H and O–H groups in total. The summed E-state index contributed by atoms with van der Waals surface area (Å²) in [6.45, 7) is 8.37. The molecule has 0 aromatic heterocycles. The van der Waals surface area contributed by atoms with Gasteiger partial charge in [-0.25, -0.2) is 0 Å². The molecule has 0 bridgehead atoms. The lowest BCUT2D eigenvalue weighted by atomic mass is 9.94. The van der Waals surface area contributed by atoms with Crippen molar-refractivity contribution < 1.29 is 24.9 Å². The van der Waals surface area contributed by atoms with Crippen LogP contribution in [0.4, 0.5) is 0 Å². The van der Waals surface area contributed by atoms with Gasteiger partial charge in [0.05, 0.1) is 26.4 Å². The van der Waals surface area contributed by atoms with Crippen LogP contribution in [0.2, 0.25) is 0 Å². The number of carbonyl (C=O) groups is 1. The molecule has 0 atom stereocenters. The van der Waals surface area contributed by atoms with Crippen molar-refractivity contribution in [3.8, 4) is 0 Å². The molecule has 0 aliphatic carbocycles. The van der Waals surface area contributed by atoms with E-state index in [0.29, 0.717) is 13.2 Å². The molecule has 0 amide bonds. The van der Waals surface area contributed by atoms with E-state index in [1.54, 1.807) is 12.2 Å². The van der Waals surface area contributed by atoms with Crippen LogP contribution in [0, 0.1) is 5.41 Å². The van der Waals surface area contributed by atoms with Gasteiger partial charge in [-0.15, -0.1) is 13.2 Å². The maximum Gasteiger partial charge on any atom is 0.314 e. The summed E-state index contributed by atoms with van der Waals surface area (Å²) in [4.78, 5) is 10.2. The normalized spacial score (nSPS) is 9.94. The molecule has 0 fully saturated rings. The number of carboxylic acids is 1. The third kappa shape index (κ3) is 8.16. The molecule has 0 aromatic rings. The average Bonchev–Trinajstić information content (AvgIpc) is 2.29. The minimum Gasteiger partial charge on any atom is -0.481 e. The van der Waals surface area contributed by atoms with E-state index in [9.17, 15) is 4.79 Å². The minimum absolute atomic E-state index is 0.543. The molecule has 94 valence electrons. The third-order valence-corrected chi connectivity index (χ3v) is 1.69. The zero-order valence-corrected chi connectivity index (χ0v) is 9.56. The Morgan fingerprint density at radius 2 is 1.62 bits per heavy atom. The molecule has 5 nitrogen and oxygen atoms in total. The van der Waals surface area contributed by atoms with E-state index in [1.165, 1.54) is 6.92 Å². The number of hydrogen-bond acceptors (Lipinski definition) is 4. The molecule has 0 unspecified atom stereocenters. The molecule has 0 rings (SSSR count). The fourth-order valence-corrected chi connectivity index (χ4v) is 0.420. The summed E-state index contributed by atoms with van der Waals surface area (Å²) in [6.07, 6.45) is 3.42. The number of aliphatic carboxylic acids is 1. The van der Waals surface area contributed by atoms with Crippen LogP contribution in [-0.4, -0.2) is 47.7 Å². The highest BCUT2D eigenvalue weighted by molar-refractivity contribution is 5.74. The van der Waals surface area contributed by atoms with Gasteiger partial charge in [-0.1, -0.05) is 12.2 Å². The first-order chi connectivity index (χ1) is 7.48. The first-order valence-corrected chi connectivity index (χ1v) is 4.73. The van der Waals surface area contributed by atoms with Gasteiger partial charge in [0.1, 0.15) is 5.41 Å². The Bertz CT molecular complexity index is 200. The van der Waals surface area contributed by atoms with Crippen LogP contribution in [0.15, 0.2) is 25.3 Å². The van der Waals surface area contributed by atoms with Gasteiger partial charge in [0.2, 0.25) is 0 Å². The molecular weight excluding hydrogens is 212 g/mol. The highest BCUT2D eigenvalue weighted by atomic mass is 16.5. The van der Waals surface area contributed by atoms with Crippen molar-refractivity contribution in [2.45, 2.75) is 6.92 Å². The lowest BCUT2D eigenvalue weighted by molar-refractivity contribution is -0.152. The minimum atomic E-state index is -1.39. The topological polar surface area (TPSA) is 87.0 Å². The van der Waals surface area contributed by atoms with Crippen LogP contribution < -0.4 is 0 Å². The van der Waals surface area contributed by atoms with Gasteiger partial charge < -0.3 is 20.1 Å². The second-order valence-electron chi connectivity index (χ2n) is 3.30. The van der Waals surface area contributed by atoms with Crippen LogP contribution in [0.3, 0.4) is 0 Å². The Morgan fingerprint density at radius 3 is 1.75 bits per heavy atom. The van der Waals surface area contributed by atoms with Crippen LogP contribution in [0.5, 0.6) is 0 Å². The molecule has 0 radical (unpaired) electrons. The second-order valence-corrected chi connectivity index (χ2v) is 3.30. The van der Waals surface area contributed by atoms with Crippen molar-refractivity contribution in [3.05, 3.63) is 25.3 Å². The maximum absolute atomic E-state index is 10.2. The molecule has 16 heavy (non-hydrogen) atoms. The van der Waals surface area contributed by atoms with Gasteiger partial charge in [0.25, 0.3) is 0 Å². The van der Waals surface area contributed by atoms with Gasteiger partial charge in [0, 0.05) is 0 Å². The first-order valence-electron chi connectivity index (χ1n) is 4.73. The number of carboxylic acid groups (broad SMARTS) is 1. The van der Waals surface area contributed by atoms with E-state index < -0.39 is 24.6 Å². The number of aliphatic hydroxyl groups excluding tert-OH is 2. The van der Waals surface area contributed by atoms with Gasteiger partial charge in [-0.3, -0.25) is 4.79 Å². The van der Waals surface area contributed by atoms with Gasteiger partial charge in [-0.2, -0.15) is 0 Å². The van der Waals surface area contributed by atoms with Crippen molar-refractivity contribution in [1.29, 1.82) is 0 Å². The van der Waals surface area contributed by atoms with Crippen LogP contribution in [0.25, 0.3) is 0 Å². The molecule has 0 aliphatic heterocycles. The molecular formula is C11H20O5. The fourth-order valence-electron chi connectivity index (χ4n) is 0.420. The average molecular weight is 232 g/mol. The van der Waals surface area contributed by atoms with Gasteiger partial charge >= 0.3 is 5.97 Å². The molecule has 0 aromatic carbocycles. The summed E-state index contributed by atoms with van der Waals surface area (Å²) in [7, 11) is 0. The largest absolute Gasteiger partial charge is 0.481 e. The molecule has 0 saturated heterocycles. The number of hydrogen-bond donors (Lipinski definition) is 3. The second kappa shape index (κ2) is 10.4. The van der Waals surface area contributed by atoms with Crippen LogP contribution in [0.1, 0.15) is 6.92 Å². The lowest BCUT2D eigenvalue weighted by Crippen LogP contribution is -2.35. The smallest absolute Gasteiger partial charge is 0.314 e. The molecule has 5 heteroatoms. The third-order valence-electron chi connectivity index (χ3n) is 1.69. The van der Waals surface area contributed by atoms with Crippen molar-refractivity contribution in [3.63, 3.8) is 0 Å². The highest BCUT2D eigenvalue weighted by Gasteiger charge is 2.31. The highest BCUT2D eigenvalue weighted by Crippen LogP contribution is 2.12. The van der Waals surface area contributed by atoms with Gasteiger partial charge in [0.15, 0.2) is 0 Å². The number of ether oxygens (including phenoxy) is 1. The fraction of sp³-hybridized carbons (Fsp3) is 0.545. The Hall–Kier alpha value is -1.17. The molecule has 0 saturated carbocycles. The Morgan fingerprint density at radius 1 is 1.25 bits per heavy atom. The summed E-state index contributed by atoms with van der Waals surface area (Å²) < 4.78 is 4.90. The van der Waals surface area contributed by atoms with Gasteiger partial charge in [-0.05, 0) is 6.92 Å². The van der Waals surface area contributed by atoms with E-state index in [1.807, 2.05) is 0 Å². The van der Waals surface area contributed by atoms with Crippen molar-refractivity contribution in [2.75, 3.05) is 26.4 Å². The van der Waals surface area contributed by atoms with E-state index in [4.69, 9.17) is 20.1 Å². The first kappa shape index (κ1) is 17.2. The maximum atomic E-state index is 10.2. The lowest BCUT2D eigenvalue weighted by Gasteiger charge is -2.17. The van der Waals surface area contributed by atoms with Crippen molar-refractivity contribution >= 4 is 5.97 Å². The monoisotopic (exact) mass is 232 g/mol. The Kier molecular flexibility index (Phi) is 11.1. The molecule has 0 heterocycles. The molecule has 0 aliphatic rings. The van der Waals surface area contributed by atoms with Crippen molar-refractivity contribution in [2.24, 2.45) is 5.41 Å². The summed E-state index contributed by atoms with van der Waals surface area (Å²) in [5.74, 6) is -1.19. The van der Waals surface area contributed by atoms with Crippen LogP contribution >= 0.6 is 0 Å². The van der Waals surface area contributed by atoms with E-state index >= 15 is 0 Å². The van der Waals surface area contributed by atoms with Crippen molar-refractivity contribution in [1.82, 2.24) is 0 Å². The Balaban J connectivity index is 0. The zero-order chi connectivity index (χ0) is 13.0. The number of rotatable bonds is 7. The quantitative estimate of drug-likeness (QED) is 0.438. The number of aliphatic hydroxyl groups is 2. The summed E-state index contributed by atoms with van der Waals surface area (Å²) in [6, 6.07) is 0. The van der Waals surface area contributed by atoms with Crippen LogP contribution in [-0.2, 0) is 9.53 Å². The van der Waals surface area contributed by atoms with E-state index in [2.05, 4.69) is 13.2 Å². The Labute approximate surface area is 95.7 Å². The van der Waals surface area contributed by atoms with E-state index in [-0.39, 0.29) is 0 Å². The predicted molar refractivity (Wildman–Crippen MR) is 61.1 cm³/mol.